The quantitative estimate of drug-likeness (QED) is 0.345. The lowest BCUT2D eigenvalue weighted by atomic mass is 9.80. The highest BCUT2D eigenvalue weighted by Crippen LogP contribution is 2.40. The number of benzene rings is 1. The van der Waals surface area contributed by atoms with E-state index in [0.717, 1.165) is 24.8 Å². The minimum absolute atomic E-state index is 0.0284. The highest BCUT2D eigenvalue weighted by molar-refractivity contribution is 6.38. The summed E-state index contributed by atoms with van der Waals surface area (Å²) in [7, 11) is 0. The Bertz CT molecular complexity index is 1380. The van der Waals surface area contributed by atoms with Crippen molar-refractivity contribution in [1.29, 1.82) is 0 Å². The van der Waals surface area contributed by atoms with E-state index in [-0.39, 0.29) is 18.9 Å². The summed E-state index contributed by atoms with van der Waals surface area (Å²) >= 11 is 6.22. The molecule has 45 heavy (non-hydrogen) atoms. The van der Waals surface area contributed by atoms with E-state index >= 15 is 0 Å². The molecule has 1 saturated heterocycles. The number of nitrogens with one attached hydrogen (secondary N) is 3. The van der Waals surface area contributed by atoms with Crippen LogP contribution < -0.4 is 16.0 Å². The van der Waals surface area contributed by atoms with Gasteiger partial charge in [0.2, 0.25) is 17.6 Å². The monoisotopic (exact) mass is 643 g/mol. The summed E-state index contributed by atoms with van der Waals surface area (Å²) in [6, 6.07) is 3.68. The van der Waals surface area contributed by atoms with Gasteiger partial charge in [0, 0.05) is 35.9 Å². The third-order valence-corrected chi connectivity index (χ3v) is 8.87. The van der Waals surface area contributed by atoms with Crippen LogP contribution in [0, 0.1) is 11.3 Å². The number of likely N-dealkylation sites (tertiary alicyclic amines) is 1. The van der Waals surface area contributed by atoms with Crippen molar-refractivity contribution in [2.75, 3.05) is 6.54 Å². The summed E-state index contributed by atoms with van der Waals surface area (Å²) in [6.45, 7) is 12.2. The van der Waals surface area contributed by atoms with Gasteiger partial charge >= 0.3 is 6.03 Å². The minimum Gasteiger partial charge on any atom is -0.387 e. The number of carbonyl (C=O) groups is 5. The van der Waals surface area contributed by atoms with E-state index in [1.165, 1.54) is 11.8 Å². The van der Waals surface area contributed by atoms with Crippen molar-refractivity contribution in [3.8, 4) is 0 Å². The largest absolute Gasteiger partial charge is 0.387 e. The Morgan fingerprint density at radius 3 is 2.33 bits per heavy atom. The summed E-state index contributed by atoms with van der Waals surface area (Å²) in [5.41, 5.74) is -0.875. The van der Waals surface area contributed by atoms with Crippen LogP contribution in [0.1, 0.15) is 92.6 Å². The Kier molecular flexibility index (Phi) is 10.0. The van der Waals surface area contributed by atoms with E-state index in [2.05, 4.69) is 21.1 Å². The first kappa shape index (κ1) is 34.4. The topological polar surface area (TPSA) is 146 Å². The van der Waals surface area contributed by atoms with Gasteiger partial charge in [0.15, 0.2) is 11.4 Å². The molecule has 0 radical (unpaired) electrons. The molecule has 3 N–H and O–H groups in total. The van der Waals surface area contributed by atoms with E-state index in [0.29, 0.717) is 23.6 Å². The van der Waals surface area contributed by atoms with E-state index in [9.17, 15) is 24.0 Å². The van der Waals surface area contributed by atoms with Crippen LogP contribution in [0.5, 0.6) is 0 Å². The molecule has 1 aromatic rings. The molecule has 1 saturated carbocycles. The molecule has 246 valence electrons. The zero-order valence-corrected chi connectivity index (χ0v) is 28.0. The second-order valence-electron chi connectivity index (χ2n) is 14.8. The maximum Gasteiger partial charge on any atom is 0.315 e. The summed E-state index contributed by atoms with van der Waals surface area (Å²) in [5.74, 6) is -2.05. The summed E-state index contributed by atoms with van der Waals surface area (Å²) < 4.78 is 0. The molecule has 2 heterocycles. The van der Waals surface area contributed by atoms with Gasteiger partial charge in [-0.2, -0.15) is 0 Å². The molecule has 0 bridgehead atoms. The summed E-state index contributed by atoms with van der Waals surface area (Å²) in [4.78, 5) is 73.8. The van der Waals surface area contributed by atoms with Gasteiger partial charge in [0.05, 0.1) is 18.3 Å². The number of rotatable bonds is 9. The number of halogens is 1. The van der Waals surface area contributed by atoms with Crippen LogP contribution in [0.4, 0.5) is 4.79 Å². The number of amides is 4. The van der Waals surface area contributed by atoms with Gasteiger partial charge in [-0.05, 0) is 50.7 Å². The average molecular weight is 644 g/mol. The molecule has 1 spiro atoms. The lowest BCUT2D eigenvalue weighted by Crippen LogP contribution is -2.61. The average Bonchev–Trinajstić information content (AvgIpc) is 3.50. The fraction of sp³-hybridized carbons (Fsp3) is 0.636. The third-order valence-electron chi connectivity index (χ3n) is 8.63. The lowest BCUT2D eigenvalue weighted by molar-refractivity contribution is -0.143. The SMILES string of the molecule is CC(=O)C(=O)C(CC1CCC1)NC(=O)[C@@H]1C[C@]2(CC(c3cccc(Cl)c3)=NO2)CN1C(=O)[C@@H](NC(=O)NC(C)(C)C)C(C)(C)C. The highest BCUT2D eigenvalue weighted by Gasteiger charge is 2.55. The van der Waals surface area contributed by atoms with E-state index in [1.807, 2.05) is 53.7 Å². The predicted octanol–water partition coefficient (Wildman–Crippen LogP) is 4.15. The summed E-state index contributed by atoms with van der Waals surface area (Å²) in [6.07, 6.45) is 3.70. The number of hydrogen-bond donors (Lipinski definition) is 3. The summed E-state index contributed by atoms with van der Waals surface area (Å²) in [5, 5.41) is 13.4. The number of Topliss-reactive ketones (excluding diaryl/α,β-unsaturated/α-hetero) is 2. The van der Waals surface area contributed by atoms with Crippen LogP contribution in [0.2, 0.25) is 5.02 Å². The maximum absolute atomic E-state index is 14.4. The van der Waals surface area contributed by atoms with Gasteiger partial charge < -0.3 is 25.7 Å². The van der Waals surface area contributed by atoms with Crippen LogP contribution in [-0.2, 0) is 24.0 Å². The normalized spacial score (nSPS) is 23.0. The number of hydrogen-bond acceptors (Lipinski definition) is 7. The smallest absolute Gasteiger partial charge is 0.315 e. The Morgan fingerprint density at radius 2 is 1.78 bits per heavy atom. The standard InChI is InChI=1S/C33H46ClN5O6/c1-19(40)26(41)23(14-20-10-8-11-20)35-28(42)25-17-33(16-24(38-45-33)21-12-9-13-22(34)15-21)18-39(25)29(43)27(31(2,3)4)36-30(44)37-32(5,6)7/h9,12-13,15,20,23,25,27H,8,10-11,14,16-18H2,1-7H3,(H,35,42)(H2,36,37,44)/t23?,25-,27+,33+/m0/s1. The molecule has 4 rings (SSSR count). The van der Waals surface area contributed by atoms with Gasteiger partial charge in [0.1, 0.15) is 12.1 Å². The Morgan fingerprint density at radius 1 is 1.09 bits per heavy atom. The molecule has 0 aromatic heterocycles. The lowest BCUT2D eigenvalue weighted by Gasteiger charge is -2.36. The van der Waals surface area contributed by atoms with Crippen LogP contribution in [0.3, 0.4) is 0 Å². The zero-order chi connectivity index (χ0) is 33.3. The second-order valence-corrected chi connectivity index (χ2v) is 15.3. The molecular weight excluding hydrogens is 598 g/mol. The molecule has 2 fully saturated rings. The van der Waals surface area contributed by atoms with Crippen molar-refractivity contribution in [2.45, 2.75) is 116 Å². The molecule has 1 aliphatic carbocycles. The number of carbonyl (C=O) groups excluding carboxylic acids is 5. The Hall–Kier alpha value is -3.47. The van der Waals surface area contributed by atoms with Gasteiger partial charge in [-0.25, -0.2) is 4.79 Å². The van der Waals surface area contributed by atoms with E-state index in [4.69, 9.17) is 16.4 Å². The zero-order valence-electron chi connectivity index (χ0n) is 27.3. The van der Waals surface area contributed by atoms with Crippen molar-refractivity contribution in [1.82, 2.24) is 20.9 Å². The molecule has 4 atom stereocenters. The molecule has 1 unspecified atom stereocenters. The first-order valence-electron chi connectivity index (χ1n) is 15.6. The van der Waals surface area contributed by atoms with Gasteiger partial charge in [-0.1, -0.05) is 68.9 Å². The predicted molar refractivity (Wildman–Crippen MR) is 171 cm³/mol. The van der Waals surface area contributed by atoms with Gasteiger partial charge in [-0.3, -0.25) is 19.2 Å². The van der Waals surface area contributed by atoms with Crippen molar-refractivity contribution in [3.05, 3.63) is 34.9 Å². The molecule has 4 amide bonds. The molecule has 1 aromatic carbocycles. The van der Waals surface area contributed by atoms with E-state index in [1.54, 1.807) is 12.1 Å². The highest BCUT2D eigenvalue weighted by atomic mass is 35.5. The number of oxime groups is 1. The Labute approximate surface area is 270 Å². The first-order chi connectivity index (χ1) is 20.9. The first-order valence-corrected chi connectivity index (χ1v) is 16.0. The van der Waals surface area contributed by atoms with Crippen LogP contribution in [0.25, 0.3) is 0 Å². The number of ketones is 2. The fourth-order valence-corrected chi connectivity index (χ4v) is 6.27. The number of nitrogens with zero attached hydrogens (tertiary/aromatic N) is 2. The van der Waals surface area contributed by atoms with Crippen molar-refractivity contribution < 1.29 is 28.8 Å². The third kappa shape index (κ3) is 8.42. The van der Waals surface area contributed by atoms with Crippen molar-refractivity contribution in [2.24, 2.45) is 16.5 Å². The second kappa shape index (κ2) is 13.1. The number of urea groups is 1. The molecule has 3 aliphatic rings. The van der Waals surface area contributed by atoms with Gasteiger partial charge in [0.25, 0.3) is 0 Å². The van der Waals surface area contributed by atoms with Crippen LogP contribution in [0.15, 0.2) is 29.4 Å². The van der Waals surface area contributed by atoms with E-state index < -0.39 is 64.1 Å². The maximum atomic E-state index is 14.4. The fourth-order valence-electron chi connectivity index (χ4n) is 6.08. The molecular formula is C33H46ClN5O6. The van der Waals surface area contributed by atoms with Gasteiger partial charge in [-0.15, -0.1) is 0 Å². The molecule has 12 heteroatoms. The Balaban J connectivity index is 1.63. The van der Waals surface area contributed by atoms with Crippen LogP contribution in [-0.4, -0.2) is 75.8 Å². The minimum atomic E-state index is -1.03. The van der Waals surface area contributed by atoms with Crippen LogP contribution >= 0.6 is 11.6 Å². The van der Waals surface area contributed by atoms with Crippen molar-refractivity contribution >= 4 is 46.7 Å². The van der Waals surface area contributed by atoms with Crippen molar-refractivity contribution in [3.63, 3.8) is 0 Å². The molecule has 11 nitrogen and oxygen atoms in total. The molecule has 2 aliphatic heterocycles.